The molecule has 1 aliphatic heterocycles. The normalized spacial score (nSPS) is 21.7. The third-order valence-electron chi connectivity index (χ3n) is 3.98. The molecule has 0 bridgehead atoms. The van der Waals surface area contributed by atoms with Crippen LogP contribution in [0.5, 0.6) is 0 Å². The molecule has 2 aromatic heterocycles. The van der Waals surface area contributed by atoms with Gasteiger partial charge < -0.3 is 14.5 Å². The lowest BCUT2D eigenvalue weighted by molar-refractivity contribution is -0.0273. The maximum Gasteiger partial charge on any atom is 0.273 e. The second-order valence-electron chi connectivity index (χ2n) is 5.61. The molecule has 1 saturated heterocycles. The zero-order chi connectivity index (χ0) is 15.5. The minimum Gasteiger partial charge on any atom is -0.448 e. The van der Waals surface area contributed by atoms with E-state index >= 15 is 0 Å². The molecule has 1 amide bonds. The van der Waals surface area contributed by atoms with Gasteiger partial charge in [0.05, 0.1) is 12.3 Å². The summed E-state index contributed by atoms with van der Waals surface area (Å²) >= 11 is 0. The largest absolute Gasteiger partial charge is 0.448 e. The van der Waals surface area contributed by atoms with Gasteiger partial charge in [0.15, 0.2) is 12.1 Å². The molecule has 0 saturated carbocycles. The number of aryl methyl sites for hydroxylation is 2. The maximum atomic E-state index is 12.1. The van der Waals surface area contributed by atoms with E-state index in [2.05, 4.69) is 15.4 Å². The summed E-state index contributed by atoms with van der Waals surface area (Å²) in [5.74, 6) is 0.553. The third kappa shape index (κ3) is 3.04. The molecule has 0 spiro atoms. The number of ether oxygens (including phenoxy) is 1. The highest BCUT2D eigenvalue weighted by molar-refractivity contribution is 5.93. The van der Waals surface area contributed by atoms with E-state index in [1.165, 1.54) is 6.39 Å². The van der Waals surface area contributed by atoms with Crippen molar-refractivity contribution in [1.29, 1.82) is 0 Å². The SMILES string of the molecule is Cc1ocnc1C(=O)NC[C@@H]1CCCO[C@H]1c1cnn(C)c1. The predicted octanol–water partition coefficient (Wildman–Crippen LogP) is 1.61. The van der Waals surface area contributed by atoms with Crippen molar-refractivity contribution in [3.8, 4) is 0 Å². The van der Waals surface area contributed by atoms with Gasteiger partial charge in [0.2, 0.25) is 0 Å². The molecule has 1 fully saturated rings. The van der Waals surface area contributed by atoms with Crippen molar-refractivity contribution in [3.63, 3.8) is 0 Å². The lowest BCUT2D eigenvalue weighted by Gasteiger charge is -2.31. The summed E-state index contributed by atoms with van der Waals surface area (Å²) in [4.78, 5) is 16.1. The number of aromatic nitrogens is 3. The van der Waals surface area contributed by atoms with Crippen molar-refractivity contribution in [2.24, 2.45) is 13.0 Å². The minimum absolute atomic E-state index is 0.0267. The Morgan fingerprint density at radius 1 is 1.55 bits per heavy atom. The summed E-state index contributed by atoms with van der Waals surface area (Å²) in [5, 5.41) is 7.13. The van der Waals surface area contributed by atoms with E-state index in [9.17, 15) is 4.79 Å². The fraction of sp³-hybridized carbons (Fsp3) is 0.533. The van der Waals surface area contributed by atoms with Crippen LogP contribution in [0.4, 0.5) is 0 Å². The molecule has 7 nitrogen and oxygen atoms in total. The molecule has 118 valence electrons. The number of oxazole rings is 1. The minimum atomic E-state index is -0.207. The first-order valence-corrected chi connectivity index (χ1v) is 7.43. The van der Waals surface area contributed by atoms with Crippen LogP contribution >= 0.6 is 0 Å². The Kier molecular flexibility index (Phi) is 4.24. The molecular weight excluding hydrogens is 284 g/mol. The van der Waals surface area contributed by atoms with Gasteiger partial charge in [0.1, 0.15) is 5.76 Å². The summed E-state index contributed by atoms with van der Waals surface area (Å²) in [6.07, 6.45) is 7.06. The van der Waals surface area contributed by atoms with Crippen LogP contribution in [0, 0.1) is 12.8 Å². The highest BCUT2D eigenvalue weighted by Gasteiger charge is 2.29. The van der Waals surface area contributed by atoms with Crippen molar-refractivity contribution in [2.45, 2.75) is 25.9 Å². The highest BCUT2D eigenvalue weighted by Crippen LogP contribution is 2.32. The van der Waals surface area contributed by atoms with Crippen LogP contribution in [0.25, 0.3) is 0 Å². The summed E-state index contributed by atoms with van der Waals surface area (Å²) in [7, 11) is 1.89. The van der Waals surface area contributed by atoms with E-state index in [1.807, 2.05) is 19.4 Å². The van der Waals surface area contributed by atoms with E-state index in [0.717, 1.165) is 25.0 Å². The lowest BCUT2D eigenvalue weighted by atomic mass is 9.91. The average molecular weight is 304 g/mol. The molecule has 7 heteroatoms. The topological polar surface area (TPSA) is 82.2 Å². The number of nitrogens with one attached hydrogen (secondary N) is 1. The number of nitrogens with zero attached hydrogens (tertiary/aromatic N) is 3. The van der Waals surface area contributed by atoms with E-state index in [-0.39, 0.29) is 17.9 Å². The van der Waals surface area contributed by atoms with Crippen molar-refractivity contribution >= 4 is 5.91 Å². The van der Waals surface area contributed by atoms with Crippen molar-refractivity contribution in [1.82, 2.24) is 20.1 Å². The van der Waals surface area contributed by atoms with Gasteiger partial charge in [-0.05, 0) is 19.8 Å². The Hall–Kier alpha value is -2.15. The molecule has 0 radical (unpaired) electrons. The van der Waals surface area contributed by atoms with Crippen molar-refractivity contribution < 1.29 is 13.9 Å². The Balaban J connectivity index is 1.65. The Labute approximate surface area is 128 Å². The Morgan fingerprint density at radius 3 is 3.09 bits per heavy atom. The van der Waals surface area contributed by atoms with Crippen LogP contribution in [0.2, 0.25) is 0 Å². The highest BCUT2D eigenvalue weighted by atomic mass is 16.5. The number of carbonyl (C=O) groups is 1. The van der Waals surface area contributed by atoms with E-state index in [0.29, 0.717) is 18.0 Å². The maximum absolute atomic E-state index is 12.1. The van der Waals surface area contributed by atoms with E-state index < -0.39 is 0 Å². The molecule has 0 aliphatic carbocycles. The van der Waals surface area contributed by atoms with Crippen molar-refractivity contribution in [2.75, 3.05) is 13.2 Å². The number of amides is 1. The van der Waals surface area contributed by atoms with Crippen LogP contribution in [0.3, 0.4) is 0 Å². The van der Waals surface area contributed by atoms with Gasteiger partial charge in [0.25, 0.3) is 5.91 Å². The molecule has 3 rings (SSSR count). The van der Waals surface area contributed by atoms with Gasteiger partial charge >= 0.3 is 0 Å². The first-order valence-electron chi connectivity index (χ1n) is 7.43. The third-order valence-corrected chi connectivity index (χ3v) is 3.98. The van der Waals surface area contributed by atoms with E-state index in [4.69, 9.17) is 9.15 Å². The molecule has 2 atom stereocenters. The number of rotatable bonds is 4. The van der Waals surface area contributed by atoms with Crippen molar-refractivity contribution in [3.05, 3.63) is 35.8 Å². The molecule has 2 aromatic rings. The summed E-state index contributed by atoms with van der Waals surface area (Å²) in [5.41, 5.74) is 1.40. The fourth-order valence-electron chi connectivity index (χ4n) is 2.84. The fourth-order valence-corrected chi connectivity index (χ4v) is 2.84. The van der Waals surface area contributed by atoms with Crippen LogP contribution in [-0.4, -0.2) is 33.8 Å². The molecule has 1 aliphatic rings. The first kappa shape index (κ1) is 14.8. The summed E-state index contributed by atoms with van der Waals surface area (Å²) in [6.45, 7) is 3.02. The van der Waals surface area contributed by atoms with E-state index in [1.54, 1.807) is 11.6 Å². The monoisotopic (exact) mass is 304 g/mol. The molecule has 22 heavy (non-hydrogen) atoms. The van der Waals surface area contributed by atoms with Gasteiger partial charge in [-0.15, -0.1) is 0 Å². The zero-order valence-electron chi connectivity index (χ0n) is 12.8. The smallest absolute Gasteiger partial charge is 0.273 e. The molecule has 0 aromatic carbocycles. The summed E-state index contributed by atoms with van der Waals surface area (Å²) < 4.78 is 12.7. The van der Waals surface area contributed by atoms with Gasteiger partial charge in [-0.1, -0.05) is 0 Å². The molecule has 1 N–H and O–H groups in total. The quantitative estimate of drug-likeness (QED) is 0.928. The molecule has 3 heterocycles. The number of hydrogen-bond donors (Lipinski definition) is 1. The molecule has 0 unspecified atom stereocenters. The lowest BCUT2D eigenvalue weighted by Crippen LogP contribution is -2.35. The average Bonchev–Trinajstić information content (AvgIpc) is 3.13. The van der Waals surface area contributed by atoms with Gasteiger partial charge in [-0.2, -0.15) is 5.10 Å². The van der Waals surface area contributed by atoms with Crippen LogP contribution in [0.15, 0.2) is 23.2 Å². The predicted molar refractivity (Wildman–Crippen MR) is 78.2 cm³/mol. The molecular formula is C15H20N4O3. The first-order chi connectivity index (χ1) is 10.6. The second-order valence-corrected chi connectivity index (χ2v) is 5.61. The number of hydrogen-bond acceptors (Lipinski definition) is 5. The van der Waals surface area contributed by atoms with Gasteiger partial charge in [0, 0.05) is 37.9 Å². The number of carbonyl (C=O) groups excluding carboxylic acids is 1. The Morgan fingerprint density at radius 2 is 2.41 bits per heavy atom. The second kappa shape index (κ2) is 6.31. The van der Waals surface area contributed by atoms with Gasteiger partial charge in [-0.3, -0.25) is 9.48 Å². The van der Waals surface area contributed by atoms with Gasteiger partial charge in [-0.25, -0.2) is 4.98 Å². The summed E-state index contributed by atoms with van der Waals surface area (Å²) in [6, 6.07) is 0. The van der Waals surface area contributed by atoms with Crippen LogP contribution < -0.4 is 5.32 Å². The zero-order valence-corrected chi connectivity index (χ0v) is 12.8. The standard InChI is InChI=1S/C15H20N4O3/c1-10-13(17-9-22-10)15(20)16-6-11-4-3-5-21-14(11)12-7-18-19(2)8-12/h7-9,11,14H,3-6H2,1-2H3,(H,16,20)/t11-,14+/m0/s1. The Bertz CT molecular complexity index is 649. The van der Waals surface area contributed by atoms with Crippen LogP contribution in [-0.2, 0) is 11.8 Å². The van der Waals surface area contributed by atoms with Crippen LogP contribution in [0.1, 0.15) is 40.8 Å².